The quantitative estimate of drug-likeness (QED) is 0.423. The largest absolute Gasteiger partial charge is 0.497 e. The average Bonchev–Trinajstić information content (AvgIpc) is 3.25. The first-order valence-electron chi connectivity index (χ1n) is 9.57. The molecule has 156 valence electrons. The lowest BCUT2D eigenvalue weighted by atomic mass is 9.98. The van der Waals surface area contributed by atoms with Gasteiger partial charge in [0, 0.05) is 9.90 Å². The highest BCUT2D eigenvalue weighted by Crippen LogP contribution is 2.43. The SMILES string of the molecule is COc1cccc([C@H]2c3c(oc4ccc(Cl)cc4c3=O)C(=O)N2c2nc(C)c(C)s2)c1. The van der Waals surface area contributed by atoms with E-state index in [-0.39, 0.29) is 16.8 Å². The molecule has 8 heteroatoms. The van der Waals surface area contributed by atoms with Gasteiger partial charge in [-0.3, -0.25) is 14.5 Å². The van der Waals surface area contributed by atoms with Crippen molar-refractivity contribution >= 4 is 44.9 Å². The average molecular weight is 453 g/mol. The molecule has 5 rings (SSSR count). The van der Waals surface area contributed by atoms with Gasteiger partial charge in [-0.1, -0.05) is 23.7 Å². The first kappa shape index (κ1) is 19.8. The summed E-state index contributed by atoms with van der Waals surface area (Å²) in [4.78, 5) is 34.2. The zero-order valence-corrected chi connectivity index (χ0v) is 18.5. The van der Waals surface area contributed by atoms with Crippen molar-refractivity contribution in [3.8, 4) is 5.75 Å². The van der Waals surface area contributed by atoms with Crippen LogP contribution in [0.1, 0.15) is 38.3 Å². The molecule has 6 nitrogen and oxygen atoms in total. The van der Waals surface area contributed by atoms with E-state index in [1.54, 1.807) is 25.3 Å². The summed E-state index contributed by atoms with van der Waals surface area (Å²) in [7, 11) is 1.57. The van der Waals surface area contributed by atoms with Crippen molar-refractivity contribution in [1.82, 2.24) is 4.98 Å². The Bertz CT molecular complexity index is 1410. The number of carbonyl (C=O) groups is 1. The van der Waals surface area contributed by atoms with Crippen LogP contribution in [0, 0.1) is 13.8 Å². The monoisotopic (exact) mass is 452 g/mol. The minimum Gasteiger partial charge on any atom is -0.497 e. The van der Waals surface area contributed by atoms with Crippen molar-refractivity contribution in [2.45, 2.75) is 19.9 Å². The lowest BCUT2D eigenvalue weighted by Gasteiger charge is -2.22. The molecule has 1 aliphatic heterocycles. The Hall–Kier alpha value is -3.16. The number of benzene rings is 2. The zero-order valence-electron chi connectivity index (χ0n) is 16.9. The van der Waals surface area contributed by atoms with Gasteiger partial charge in [0.2, 0.25) is 5.76 Å². The number of carbonyl (C=O) groups excluding carboxylic acids is 1. The molecule has 4 aromatic rings. The molecule has 1 aliphatic rings. The van der Waals surface area contributed by atoms with Gasteiger partial charge in [0.1, 0.15) is 11.3 Å². The number of halogens is 1. The van der Waals surface area contributed by atoms with E-state index >= 15 is 0 Å². The minimum atomic E-state index is -0.692. The number of aryl methyl sites for hydroxylation is 2. The number of ether oxygens (including phenoxy) is 1. The number of aromatic nitrogens is 1. The molecule has 0 saturated carbocycles. The fourth-order valence-corrected chi connectivity index (χ4v) is 4.94. The third-order valence-corrected chi connectivity index (χ3v) is 6.77. The van der Waals surface area contributed by atoms with E-state index in [0.717, 1.165) is 16.1 Å². The summed E-state index contributed by atoms with van der Waals surface area (Å²) in [6, 6.07) is 11.4. The molecule has 0 saturated heterocycles. The zero-order chi connectivity index (χ0) is 21.9. The van der Waals surface area contributed by atoms with E-state index in [4.69, 9.17) is 20.8 Å². The van der Waals surface area contributed by atoms with Gasteiger partial charge in [0.25, 0.3) is 5.91 Å². The van der Waals surface area contributed by atoms with E-state index in [0.29, 0.717) is 26.9 Å². The first-order valence-corrected chi connectivity index (χ1v) is 10.8. The number of amides is 1. The highest BCUT2D eigenvalue weighted by Gasteiger charge is 2.45. The van der Waals surface area contributed by atoms with Crippen LogP contribution in [0.4, 0.5) is 5.13 Å². The molecule has 0 aliphatic carbocycles. The molecule has 31 heavy (non-hydrogen) atoms. The number of rotatable bonds is 3. The van der Waals surface area contributed by atoms with Gasteiger partial charge in [-0.25, -0.2) is 4.98 Å². The second-order valence-electron chi connectivity index (χ2n) is 7.31. The molecule has 0 unspecified atom stereocenters. The number of nitrogens with zero attached hydrogens (tertiary/aromatic N) is 2. The maximum Gasteiger partial charge on any atom is 0.297 e. The van der Waals surface area contributed by atoms with Crippen LogP contribution in [-0.2, 0) is 0 Å². The lowest BCUT2D eigenvalue weighted by Crippen LogP contribution is -2.29. The summed E-state index contributed by atoms with van der Waals surface area (Å²) in [5.41, 5.74) is 1.88. The molecule has 0 fully saturated rings. The summed E-state index contributed by atoms with van der Waals surface area (Å²) in [5, 5.41) is 1.27. The number of hydrogen-bond acceptors (Lipinski definition) is 6. The molecule has 2 aromatic carbocycles. The number of fused-ring (bicyclic) bond motifs is 2. The van der Waals surface area contributed by atoms with Gasteiger partial charge in [0.15, 0.2) is 10.6 Å². The normalized spacial score (nSPS) is 15.5. The van der Waals surface area contributed by atoms with Gasteiger partial charge in [-0.05, 0) is 49.7 Å². The summed E-state index contributed by atoms with van der Waals surface area (Å²) in [5.74, 6) is 0.252. The van der Waals surface area contributed by atoms with Crippen molar-refractivity contribution in [2.24, 2.45) is 0 Å². The number of hydrogen-bond donors (Lipinski definition) is 0. The smallest absolute Gasteiger partial charge is 0.297 e. The fraction of sp³-hybridized carbons (Fsp3) is 0.174. The molecule has 1 amide bonds. The Morgan fingerprint density at radius 3 is 2.68 bits per heavy atom. The fourth-order valence-electron chi connectivity index (χ4n) is 3.83. The van der Waals surface area contributed by atoms with Gasteiger partial charge in [-0.15, -0.1) is 11.3 Å². The van der Waals surface area contributed by atoms with Crippen LogP contribution < -0.4 is 15.1 Å². The van der Waals surface area contributed by atoms with Crippen LogP contribution in [0.2, 0.25) is 5.02 Å². The standard InChI is InChI=1S/C23H17ClN2O4S/c1-11-12(2)31-23(25-11)26-19(13-5-4-6-15(9-13)29-3)18-20(27)16-10-14(24)7-8-17(16)30-21(18)22(26)28/h4-10,19H,1-3H3/t19-/m0/s1. The van der Waals surface area contributed by atoms with Crippen molar-refractivity contribution in [3.05, 3.63) is 85.2 Å². The molecular weight excluding hydrogens is 436 g/mol. The predicted octanol–water partition coefficient (Wildman–Crippen LogP) is 5.28. The highest BCUT2D eigenvalue weighted by atomic mass is 35.5. The predicted molar refractivity (Wildman–Crippen MR) is 121 cm³/mol. The topological polar surface area (TPSA) is 72.6 Å². The van der Waals surface area contributed by atoms with Crippen LogP contribution >= 0.6 is 22.9 Å². The minimum absolute atomic E-state index is 0.0261. The summed E-state index contributed by atoms with van der Waals surface area (Å²) >= 11 is 7.53. The summed E-state index contributed by atoms with van der Waals surface area (Å²) in [6.07, 6.45) is 0. The summed E-state index contributed by atoms with van der Waals surface area (Å²) in [6.45, 7) is 3.84. The summed E-state index contributed by atoms with van der Waals surface area (Å²) < 4.78 is 11.3. The Morgan fingerprint density at radius 2 is 1.97 bits per heavy atom. The number of thiazole rings is 1. The van der Waals surface area contributed by atoms with Crippen LogP contribution in [0.15, 0.2) is 51.7 Å². The molecular formula is C23H17ClN2O4S. The van der Waals surface area contributed by atoms with E-state index in [1.807, 2.05) is 38.1 Å². The number of methoxy groups -OCH3 is 1. The molecule has 0 N–H and O–H groups in total. The Kier molecular flexibility index (Phi) is 4.60. The molecule has 3 heterocycles. The van der Waals surface area contributed by atoms with E-state index in [9.17, 15) is 9.59 Å². The van der Waals surface area contributed by atoms with Gasteiger partial charge in [-0.2, -0.15) is 0 Å². The lowest BCUT2D eigenvalue weighted by molar-refractivity contribution is 0.0971. The first-order chi connectivity index (χ1) is 14.9. The van der Waals surface area contributed by atoms with Gasteiger partial charge in [0.05, 0.1) is 29.8 Å². The van der Waals surface area contributed by atoms with Crippen molar-refractivity contribution in [2.75, 3.05) is 12.0 Å². The number of anilines is 1. The second kappa shape index (κ2) is 7.21. The molecule has 0 spiro atoms. The van der Waals surface area contributed by atoms with Crippen molar-refractivity contribution in [3.63, 3.8) is 0 Å². The van der Waals surface area contributed by atoms with Crippen molar-refractivity contribution in [1.29, 1.82) is 0 Å². The van der Waals surface area contributed by atoms with Gasteiger partial charge < -0.3 is 9.15 Å². The van der Waals surface area contributed by atoms with Crippen LogP contribution in [-0.4, -0.2) is 18.0 Å². The maximum absolute atomic E-state index is 13.6. The van der Waals surface area contributed by atoms with Gasteiger partial charge >= 0.3 is 0 Å². The second-order valence-corrected chi connectivity index (χ2v) is 8.92. The van der Waals surface area contributed by atoms with Crippen molar-refractivity contribution < 1.29 is 13.9 Å². The Morgan fingerprint density at radius 1 is 1.16 bits per heavy atom. The third-order valence-electron chi connectivity index (χ3n) is 5.47. The molecule has 0 bridgehead atoms. The third kappa shape index (κ3) is 3.04. The highest BCUT2D eigenvalue weighted by molar-refractivity contribution is 7.15. The van der Waals surface area contributed by atoms with E-state index in [1.165, 1.54) is 16.2 Å². The molecule has 0 radical (unpaired) electrons. The molecule has 1 atom stereocenters. The van der Waals surface area contributed by atoms with E-state index < -0.39 is 11.9 Å². The molecule has 2 aromatic heterocycles. The van der Waals surface area contributed by atoms with Crippen LogP contribution in [0.3, 0.4) is 0 Å². The Balaban J connectivity index is 1.83. The maximum atomic E-state index is 13.6. The Labute approximate surface area is 186 Å². The van der Waals surface area contributed by atoms with Crippen LogP contribution in [0.5, 0.6) is 5.75 Å². The van der Waals surface area contributed by atoms with E-state index in [2.05, 4.69) is 4.98 Å². The van der Waals surface area contributed by atoms with Crippen LogP contribution in [0.25, 0.3) is 11.0 Å².